The van der Waals surface area contributed by atoms with E-state index < -0.39 is 0 Å². The number of ether oxygens (including phenoxy) is 2. The lowest BCUT2D eigenvalue weighted by Crippen LogP contribution is -2.11. The van der Waals surface area contributed by atoms with Gasteiger partial charge in [0.25, 0.3) is 0 Å². The zero-order valence-electron chi connectivity index (χ0n) is 15.5. The minimum atomic E-state index is -0.354. The fraction of sp³-hybridized carbons (Fsp3) is 0.273. The number of Topliss-reactive ketones (excluding diaryl/α,β-unsaturated/α-hetero) is 1. The number of benzene rings is 2. The lowest BCUT2D eigenvalue weighted by molar-refractivity contribution is 0.101. The topological polar surface area (TPSA) is 65.7 Å². The van der Waals surface area contributed by atoms with E-state index in [1.807, 2.05) is 18.2 Å². The average Bonchev–Trinajstić information content (AvgIpc) is 2.65. The molecular formula is C22H22O5. The highest BCUT2D eigenvalue weighted by molar-refractivity contribution is 5.96. The Balaban J connectivity index is 1.66. The Hall–Kier alpha value is -3.08. The van der Waals surface area contributed by atoms with Crippen molar-refractivity contribution in [1.29, 1.82) is 0 Å². The normalized spacial score (nSPS) is 10.7. The lowest BCUT2D eigenvalue weighted by atomic mass is 10.1. The number of fused-ring (bicyclic) bond motifs is 1. The van der Waals surface area contributed by atoms with E-state index in [1.54, 1.807) is 30.3 Å². The summed E-state index contributed by atoms with van der Waals surface area (Å²) in [6.45, 7) is 4.18. The molecule has 27 heavy (non-hydrogen) atoms. The third kappa shape index (κ3) is 4.56. The summed E-state index contributed by atoms with van der Waals surface area (Å²) in [5.41, 5.74) is 1.70. The van der Waals surface area contributed by atoms with Gasteiger partial charge in [-0.15, -0.1) is 0 Å². The quantitative estimate of drug-likeness (QED) is 0.336. The third-order valence-electron chi connectivity index (χ3n) is 4.20. The van der Waals surface area contributed by atoms with Crippen molar-refractivity contribution < 1.29 is 18.7 Å². The maximum Gasteiger partial charge on any atom is 0.336 e. The Bertz CT molecular complexity index is 1000. The molecule has 0 aliphatic carbocycles. The lowest BCUT2D eigenvalue weighted by Gasteiger charge is -2.11. The van der Waals surface area contributed by atoms with Gasteiger partial charge in [-0.3, -0.25) is 4.79 Å². The van der Waals surface area contributed by atoms with Crippen LogP contribution in [0.15, 0.2) is 57.7 Å². The van der Waals surface area contributed by atoms with E-state index in [2.05, 4.69) is 6.92 Å². The highest BCUT2D eigenvalue weighted by Gasteiger charge is 2.08. The zero-order valence-corrected chi connectivity index (χ0v) is 15.5. The SMILES string of the molecule is CCCc1cc(=O)oc2cc(OCCOc3ccccc3C(C)=O)ccc12. The zero-order chi connectivity index (χ0) is 19.2. The molecular weight excluding hydrogens is 344 g/mol. The number of aryl methyl sites for hydroxylation is 1. The third-order valence-corrected chi connectivity index (χ3v) is 4.20. The monoisotopic (exact) mass is 366 g/mol. The van der Waals surface area contributed by atoms with Gasteiger partial charge < -0.3 is 13.9 Å². The van der Waals surface area contributed by atoms with Gasteiger partial charge in [-0.2, -0.15) is 0 Å². The number of carbonyl (C=O) groups excluding carboxylic acids is 1. The van der Waals surface area contributed by atoms with E-state index in [9.17, 15) is 9.59 Å². The largest absolute Gasteiger partial charge is 0.490 e. The predicted molar refractivity (Wildman–Crippen MR) is 104 cm³/mol. The molecule has 3 rings (SSSR count). The number of ketones is 1. The number of rotatable bonds is 8. The van der Waals surface area contributed by atoms with Crippen molar-refractivity contribution in [3.8, 4) is 11.5 Å². The first-order valence-electron chi connectivity index (χ1n) is 9.01. The summed E-state index contributed by atoms with van der Waals surface area (Å²) in [5.74, 6) is 1.10. The van der Waals surface area contributed by atoms with E-state index in [0.29, 0.717) is 35.9 Å². The predicted octanol–water partition coefficient (Wildman–Crippen LogP) is 4.41. The molecule has 2 aromatic carbocycles. The average molecular weight is 366 g/mol. The first kappa shape index (κ1) is 18.7. The van der Waals surface area contributed by atoms with Gasteiger partial charge in [-0.25, -0.2) is 4.79 Å². The fourth-order valence-electron chi connectivity index (χ4n) is 2.97. The summed E-state index contributed by atoms with van der Waals surface area (Å²) >= 11 is 0. The molecule has 5 nitrogen and oxygen atoms in total. The van der Waals surface area contributed by atoms with Crippen LogP contribution in [0, 0.1) is 0 Å². The second-order valence-corrected chi connectivity index (χ2v) is 6.25. The Morgan fingerprint density at radius 2 is 1.81 bits per heavy atom. The standard InChI is InChI=1S/C22H22O5/c1-3-6-16-13-22(24)27-21-14-17(9-10-19(16)21)25-11-12-26-20-8-5-4-7-18(20)15(2)23/h4-5,7-10,13-14H,3,6,11-12H2,1-2H3. The minimum Gasteiger partial charge on any atom is -0.490 e. The van der Waals surface area contributed by atoms with Gasteiger partial charge in [0.15, 0.2) is 5.78 Å². The summed E-state index contributed by atoms with van der Waals surface area (Å²) < 4.78 is 16.7. The number of carbonyl (C=O) groups is 1. The van der Waals surface area contributed by atoms with Gasteiger partial charge >= 0.3 is 5.63 Å². The Morgan fingerprint density at radius 3 is 2.59 bits per heavy atom. The molecule has 0 aliphatic rings. The van der Waals surface area contributed by atoms with Crippen LogP contribution in [0.1, 0.15) is 36.2 Å². The second kappa shape index (κ2) is 8.54. The van der Waals surface area contributed by atoms with Crippen LogP contribution in [0.4, 0.5) is 0 Å². The molecule has 0 fully saturated rings. The molecule has 0 saturated carbocycles. The second-order valence-electron chi connectivity index (χ2n) is 6.25. The van der Waals surface area contributed by atoms with Crippen LogP contribution in [0.2, 0.25) is 0 Å². The van der Waals surface area contributed by atoms with E-state index in [0.717, 1.165) is 23.8 Å². The summed E-state index contributed by atoms with van der Waals surface area (Å²) in [5, 5.41) is 0.926. The molecule has 1 heterocycles. The molecule has 0 spiro atoms. The van der Waals surface area contributed by atoms with Crippen LogP contribution in [-0.4, -0.2) is 19.0 Å². The number of para-hydroxylation sites is 1. The van der Waals surface area contributed by atoms with Crippen molar-refractivity contribution in [3.05, 3.63) is 70.1 Å². The smallest absolute Gasteiger partial charge is 0.336 e. The van der Waals surface area contributed by atoms with Gasteiger partial charge in [0.2, 0.25) is 0 Å². The molecule has 0 bridgehead atoms. The van der Waals surface area contributed by atoms with Crippen LogP contribution in [0.3, 0.4) is 0 Å². The van der Waals surface area contributed by atoms with E-state index >= 15 is 0 Å². The highest BCUT2D eigenvalue weighted by atomic mass is 16.5. The summed E-state index contributed by atoms with van der Waals surface area (Å²) in [6.07, 6.45) is 1.78. The van der Waals surface area contributed by atoms with Crippen molar-refractivity contribution in [2.75, 3.05) is 13.2 Å². The van der Waals surface area contributed by atoms with Crippen LogP contribution in [0.25, 0.3) is 11.0 Å². The van der Waals surface area contributed by atoms with Crippen LogP contribution >= 0.6 is 0 Å². The summed E-state index contributed by atoms with van der Waals surface area (Å²) in [6, 6.07) is 14.1. The Kier molecular flexibility index (Phi) is 5.91. The number of hydrogen-bond acceptors (Lipinski definition) is 5. The van der Waals surface area contributed by atoms with Gasteiger partial charge in [0, 0.05) is 17.5 Å². The molecule has 5 heteroatoms. The maximum absolute atomic E-state index is 11.7. The fourth-order valence-corrected chi connectivity index (χ4v) is 2.97. The van der Waals surface area contributed by atoms with Crippen molar-refractivity contribution in [1.82, 2.24) is 0 Å². The minimum absolute atomic E-state index is 0.0426. The molecule has 0 N–H and O–H groups in total. The first-order valence-corrected chi connectivity index (χ1v) is 9.01. The van der Waals surface area contributed by atoms with Gasteiger partial charge in [-0.1, -0.05) is 25.5 Å². The molecule has 0 aliphatic heterocycles. The molecule has 140 valence electrons. The van der Waals surface area contributed by atoms with Crippen molar-refractivity contribution in [2.45, 2.75) is 26.7 Å². The Labute approximate surface area is 157 Å². The van der Waals surface area contributed by atoms with Gasteiger partial charge in [-0.05, 0) is 43.2 Å². The van der Waals surface area contributed by atoms with Crippen molar-refractivity contribution in [2.24, 2.45) is 0 Å². The Morgan fingerprint density at radius 1 is 1.04 bits per heavy atom. The molecule has 0 unspecified atom stereocenters. The summed E-state index contributed by atoms with van der Waals surface area (Å²) in [4.78, 5) is 23.3. The van der Waals surface area contributed by atoms with Gasteiger partial charge in [0.05, 0.1) is 5.56 Å². The molecule has 3 aromatic rings. The molecule has 0 radical (unpaired) electrons. The van der Waals surface area contributed by atoms with Crippen molar-refractivity contribution in [3.63, 3.8) is 0 Å². The molecule has 1 aromatic heterocycles. The summed E-state index contributed by atoms with van der Waals surface area (Å²) in [7, 11) is 0. The van der Waals surface area contributed by atoms with E-state index in [4.69, 9.17) is 13.9 Å². The van der Waals surface area contributed by atoms with E-state index in [1.165, 1.54) is 6.92 Å². The van der Waals surface area contributed by atoms with E-state index in [-0.39, 0.29) is 11.4 Å². The molecule has 0 amide bonds. The molecule has 0 atom stereocenters. The van der Waals surface area contributed by atoms with Crippen molar-refractivity contribution >= 4 is 16.8 Å². The van der Waals surface area contributed by atoms with Gasteiger partial charge in [0.1, 0.15) is 30.3 Å². The highest BCUT2D eigenvalue weighted by Crippen LogP contribution is 2.24. The van der Waals surface area contributed by atoms with Crippen LogP contribution < -0.4 is 15.1 Å². The van der Waals surface area contributed by atoms with Crippen LogP contribution in [-0.2, 0) is 6.42 Å². The number of hydrogen-bond donors (Lipinski definition) is 0. The maximum atomic E-state index is 11.7. The van der Waals surface area contributed by atoms with Crippen LogP contribution in [0.5, 0.6) is 11.5 Å². The molecule has 0 saturated heterocycles. The first-order chi connectivity index (χ1) is 13.1.